The van der Waals surface area contributed by atoms with Crippen LogP contribution in [-0.2, 0) is 15.6 Å². The molecule has 0 radical (unpaired) electrons. The fourth-order valence-corrected chi connectivity index (χ4v) is 2.79. The van der Waals surface area contributed by atoms with Crippen molar-refractivity contribution in [3.8, 4) is 0 Å². The van der Waals surface area contributed by atoms with Crippen molar-refractivity contribution in [3.63, 3.8) is 0 Å². The first kappa shape index (κ1) is 13.8. The summed E-state index contributed by atoms with van der Waals surface area (Å²) in [6.07, 6.45) is 1.48. The third-order valence-corrected chi connectivity index (χ3v) is 4.20. The molecule has 0 unspecified atom stereocenters. The van der Waals surface area contributed by atoms with Gasteiger partial charge in [0.15, 0.2) is 0 Å². The molecule has 0 aromatic carbocycles. The van der Waals surface area contributed by atoms with Crippen LogP contribution in [0.5, 0.6) is 0 Å². The molecule has 6 nitrogen and oxygen atoms in total. The van der Waals surface area contributed by atoms with E-state index in [1.165, 1.54) is 6.20 Å². The summed E-state index contributed by atoms with van der Waals surface area (Å²) < 4.78 is 29.5. The van der Waals surface area contributed by atoms with Gasteiger partial charge in [0, 0.05) is 10.7 Å². The molecule has 1 N–H and O–H groups in total. The van der Waals surface area contributed by atoms with Crippen molar-refractivity contribution in [2.45, 2.75) is 10.8 Å². The first-order valence-electron chi connectivity index (χ1n) is 5.05. The number of carboxylic acid groups (broad SMARTS) is 1. The summed E-state index contributed by atoms with van der Waals surface area (Å²) in [5.41, 5.74) is 0.344. The summed E-state index contributed by atoms with van der Waals surface area (Å²) in [5, 5.41) is 8.30. The molecule has 0 spiro atoms. The number of furan rings is 1. The lowest BCUT2D eigenvalue weighted by Crippen LogP contribution is -2.05. The van der Waals surface area contributed by atoms with E-state index in [0.29, 0.717) is 5.69 Å². The topological polar surface area (TPSA) is 97.5 Å². The summed E-state index contributed by atoms with van der Waals surface area (Å²) in [5.74, 6) is -2.09. The number of sulfone groups is 1. The maximum atomic E-state index is 12.0. The monoisotopic (exact) mass is 345 g/mol. The van der Waals surface area contributed by atoms with Crippen molar-refractivity contribution < 1.29 is 22.7 Å². The largest absolute Gasteiger partial charge is 0.475 e. The Balaban J connectivity index is 2.26. The predicted octanol–water partition coefficient (Wildman–Crippen LogP) is 2.11. The molecule has 0 aliphatic carbocycles. The first-order chi connectivity index (χ1) is 8.88. The number of pyridine rings is 1. The second kappa shape index (κ2) is 5.14. The van der Waals surface area contributed by atoms with Crippen molar-refractivity contribution in [2.24, 2.45) is 0 Å². The molecule has 2 heterocycles. The molecule has 0 fully saturated rings. The second-order valence-electron chi connectivity index (χ2n) is 3.65. The number of aromatic carboxylic acids is 1. The highest BCUT2D eigenvalue weighted by atomic mass is 79.9. The van der Waals surface area contributed by atoms with Gasteiger partial charge in [-0.3, -0.25) is 4.98 Å². The normalized spacial score (nSPS) is 11.4. The molecule has 2 rings (SSSR count). The number of carboxylic acids is 1. The number of carbonyl (C=O) groups is 1. The molecule has 0 saturated carbocycles. The SMILES string of the molecule is O=C(O)c1ccc(S(=O)(=O)Cc2ccc(Br)cn2)o1. The number of rotatable bonds is 4. The summed E-state index contributed by atoms with van der Waals surface area (Å²) in [7, 11) is -3.75. The maximum absolute atomic E-state index is 12.0. The van der Waals surface area contributed by atoms with Crippen LogP contribution in [0.3, 0.4) is 0 Å². The fourth-order valence-electron chi connectivity index (χ4n) is 1.36. The highest BCUT2D eigenvalue weighted by Gasteiger charge is 2.22. The molecule has 2 aromatic rings. The lowest BCUT2D eigenvalue weighted by atomic mass is 10.4. The van der Waals surface area contributed by atoms with Crippen molar-refractivity contribution in [3.05, 3.63) is 46.4 Å². The maximum Gasteiger partial charge on any atom is 0.371 e. The first-order valence-corrected chi connectivity index (χ1v) is 7.49. The molecule has 0 saturated heterocycles. The molecule has 19 heavy (non-hydrogen) atoms. The van der Waals surface area contributed by atoms with Gasteiger partial charge >= 0.3 is 5.97 Å². The van der Waals surface area contributed by atoms with E-state index in [4.69, 9.17) is 9.52 Å². The van der Waals surface area contributed by atoms with Gasteiger partial charge in [-0.1, -0.05) is 0 Å². The molecule has 0 atom stereocenters. The highest BCUT2D eigenvalue weighted by molar-refractivity contribution is 9.10. The average molecular weight is 346 g/mol. The van der Waals surface area contributed by atoms with Crippen molar-refractivity contribution in [1.29, 1.82) is 0 Å². The minimum Gasteiger partial charge on any atom is -0.475 e. The van der Waals surface area contributed by atoms with Crippen molar-refractivity contribution >= 4 is 31.7 Å². The van der Waals surface area contributed by atoms with Crippen LogP contribution < -0.4 is 0 Å². The van der Waals surface area contributed by atoms with Gasteiger partial charge in [-0.2, -0.15) is 0 Å². The van der Waals surface area contributed by atoms with E-state index in [1.807, 2.05) is 0 Å². The van der Waals surface area contributed by atoms with E-state index in [-0.39, 0.29) is 10.8 Å². The zero-order chi connectivity index (χ0) is 14.0. The van der Waals surface area contributed by atoms with Crippen LogP contribution in [0.15, 0.2) is 44.4 Å². The predicted molar refractivity (Wildman–Crippen MR) is 68.5 cm³/mol. The van der Waals surface area contributed by atoms with Gasteiger partial charge in [-0.05, 0) is 40.2 Å². The van der Waals surface area contributed by atoms with Crippen LogP contribution >= 0.6 is 15.9 Å². The van der Waals surface area contributed by atoms with Gasteiger partial charge in [0.1, 0.15) is 5.75 Å². The van der Waals surface area contributed by atoms with Crippen LogP contribution in [0.25, 0.3) is 0 Å². The van der Waals surface area contributed by atoms with E-state index >= 15 is 0 Å². The zero-order valence-corrected chi connectivity index (χ0v) is 11.8. The Morgan fingerprint density at radius 1 is 1.32 bits per heavy atom. The second-order valence-corrected chi connectivity index (χ2v) is 6.49. The van der Waals surface area contributed by atoms with E-state index in [9.17, 15) is 13.2 Å². The van der Waals surface area contributed by atoms with E-state index in [1.54, 1.807) is 12.1 Å². The Bertz CT molecular complexity index is 705. The lowest BCUT2D eigenvalue weighted by molar-refractivity contribution is 0.0656. The quantitative estimate of drug-likeness (QED) is 0.911. The molecule has 0 amide bonds. The molecule has 0 bridgehead atoms. The highest BCUT2D eigenvalue weighted by Crippen LogP contribution is 2.19. The molecule has 8 heteroatoms. The summed E-state index contributed by atoms with van der Waals surface area (Å²) >= 11 is 3.19. The van der Waals surface area contributed by atoms with Crippen LogP contribution in [0.1, 0.15) is 16.2 Å². The molecule has 2 aromatic heterocycles. The van der Waals surface area contributed by atoms with Crippen LogP contribution in [0.4, 0.5) is 0 Å². The number of halogens is 1. The Labute approximate surface area is 117 Å². The van der Waals surface area contributed by atoms with Crippen molar-refractivity contribution in [2.75, 3.05) is 0 Å². The Morgan fingerprint density at radius 2 is 2.05 bits per heavy atom. The Kier molecular flexibility index (Phi) is 3.72. The molecular weight excluding hydrogens is 338 g/mol. The number of hydrogen-bond donors (Lipinski definition) is 1. The van der Waals surface area contributed by atoms with Crippen molar-refractivity contribution in [1.82, 2.24) is 4.98 Å². The standard InChI is InChI=1S/C11H8BrNO5S/c12-7-1-2-8(13-5-7)6-19(16,17)10-4-3-9(18-10)11(14)15/h1-5H,6H2,(H,14,15). The van der Waals surface area contributed by atoms with Gasteiger partial charge in [0.2, 0.25) is 20.7 Å². The molecule has 100 valence electrons. The molecule has 0 aliphatic heterocycles. The van der Waals surface area contributed by atoms with Gasteiger partial charge in [-0.25, -0.2) is 13.2 Å². The van der Waals surface area contributed by atoms with Crippen LogP contribution in [-0.4, -0.2) is 24.5 Å². The lowest BCUT2D eigenvalue weighted by Gasteiger charge is -2.01. The summed E-state index contributed by atoms with van der Waals surface area (Å²) in [4.78, 5) is 14.6. The van der Waals surface area contributed by atoms with E-state index in [0.717, 1.165) is 16.6 Å². The van der Waals surface area contributed by atoms with Crippen LogP contribution in [0.2, 0.25) is 0 Å². The van der Waals surface area contributed by atoms with E-state index < -0.39 is 21.6 Å². The van der Waals surface area contributed by atoms with Crippen LogP contribution in [0, 0.1) is 0 Å². The molecule has 0 aliphatic rings. The molecular formula is C11H8BrNO5S. The van der Waals surface area contributed by atoms with Gasteiger partial charge in [0.05, 0.1) is 5.69 Å². The van der Waals surface area contributed by atoms with Gasteiger partial charge in [-0.15, -0.1) is 0 Å². The number of hydrogen-bond acceptors (Lipinski definition) is 5. The summed E-state index contributed by atoms with van der Waals surface area (Å²) in [6, 6.07) is 5.45. The Hall–Kier alpha value is -1.67. The van der Waals surface area contributed by atoms with E-state index in [2.05, 4.69) is 20.9 Å². The zero-order valence-electron chi connectivity index (χ0n) is 9.41. The smallest absolute Gasteiger partial charge is 0.371 e. The summed E-state index contributed by atoms with van der Waals surface area (Å²) in [6.45, 7) is 0. The minimum atomic E-state index is -3.75. The van der Waals surface area contributed by atoms with Gasteiger partial charge in [0.25, 0.3) is 0 Å². The number of nitrogens with zero attached hydrogens (tertiary/aromatic N) is 1. The fraction of sp³-hybridized carbons (Fsp3) is 0.0909. The number of aromatic nitrogens is 1. The third kappa shape index (κ3) is 3.21. The van der Waals surface area contributed by atoms with Gasteiger partial charge < -0.3 is 9.52 Å². The average Bonchev–Trinajstić information content (AvgIpc) is 2.82. The third-order valence-electron chi connectivity index (χ3n) is 2.23. The Morgan fingerprint density at radius 3 is 2.58 bits per heavy atom. The minimum absolute atomic E-state index is 0.344.